The lowest BCUT2D eigenvalue weighted by Crippen LogP contribution is -2.54. The first-order chi connectivity index (χ1) is 25.7. The lowest BCUT2D eigenvalue weighted by Gasteiger charge is -2.42. The zero-order chi connectivity index (χ0) is 36.6. The Morgan fingerprint density at radius 1 is 0.943 bits per heavy atom. The van der Waals surface area contributed by atoms with Crippen molar-refractivity contribution in [3.8, 4) is 11.3 Å². The highest BCUT2D eigenvalue weighted by Crippen LogP contribution is 2.31. The highest BCUT2D eigenvalue weighted by Gasteiger charge is 2.29. The van der Waals surface area contributed by atoms with Crippen LogP contribution < -0.4 is 15.5 Å². The number of amides is 2. The van der Waals surface area contributed by atoms with Gasteiger partial charge in [-0.15, -0.1) is 0 Å². The molecular formula is C39H44F2N10O2. The first-order valence-corrected chi connectivity index (χ1v) is 18.4. The minimum atomic E-state index is -0.653. The van der Waals surface area contributed by atoms with Crippen molar-refractivity contribution in [2.75, 3.05) is 56.0 Å². The number of aromatic nitrogens is 5. The predicted molar refractivity (Wildman–Crippen MR) is 198 cm³/mol. The van der Waals surface area contributed by atoms with Gasteiger partial charge in [0.15, 0.2) is 11.5 Å². The second kappa shape index (κ2) is 14.7. The molecule has 0 bridgehead atoms. The summed E-state index contributed by atoms with van der Waals surface area (Å²) >= 11 is 0. The third-order valence-corrected chi connectivity index (χ3v) is 11.1. The topological polar surface area (TPSA) is 116 Å². The van der Waals surface area contributed by atoms with Crippen molar-refractivity contribution < 1.29 is 18.4 Å². The van der Waals surface area contributed by atoms with Crippen LogP contribution in [0.15, 0.2) is 67.4 Å². The van der Waals surface area contributed by atoms with Crippen molar-refractivity contribution in [2.24, 2.45) is 0 Å². The van der Waals surface area contributed by atoms with Gasteiger partial charge in [0.25, 0.3) is 0 Å². The average Bonchev–Trinajstić information content (AvgIpc) is 3.84. The van der Waals surface area contributed by atoms with Crippen LogP contribution in [0.2, 0.25) is 0 Å². The molecule has 2 amide bonds. The molecule has 2 aromatic carbocycles. The van der Waals surface area contributed by atoms with Crippen LogP contribution in [-0.2, 0) is 9.59 Å². The molecule has 2 N–H and O–H groups in total. The van der Waals surface area contributed by atoms with Gasteiger partial charge in [-0.1, -0.05) is 12.1 Å². The number of anilines is 3. The molecule has 2 atom stereocenters. The highest BCUT2D eigenvalue weighted by molar-refractivity contribution is 6.01. The minimum Gasteiger partial charge on any atom is -0.369 e. The van der Waals surface area contributed by atoms with Gasteiger partial charge in [0.2, 0.25) is 11.8 Å². The number of nitrogens with one attached hydrogen (secondary N) is 2. The van der Waals surface area contributed by atoms with E-state index in [2.05, 4.69) is 59.5 Å². The molecule has 2 unspecified atom stereocenters. The van der Waals surface area contributed by atoms with E-state index in [4.69, 9.17) is 0 Å². The number of carbonyl (C=O) groups is 2. The first-order valence-electron chi connectivity index (χ1n) is 18.4. The number of imidazole rings is 1. The monoisotopic (exact) mass is 722 g/mol. The Bertz CT molecular complexity index is 2120. The van der Waals surface area contributed by atoms with Crippen LogP contribution in [0.3, 0.4) is 0 Å². The maximum Gasteiger partial charge on any atom is 0.234 e. The zero-order valence-electron chi connectivity index (χ0n) is 30.0. The maximum atomic E-state index is 14.7. The Kier molecular flexibility index (Phi) is 9.64. The molecule has 3 aliphatic rings. The normalized spacial score (nSPS) is 20.6. The number of halogens is 2. The Labute approximate surface area is 306 Å². The van der Waals surface area contributed by atoms with Crippen molar-refractivity contribution >= 4 is 34.7 Å². The summed E-state index contributed by atoms with van der Waals surface area (Å²) in [6.07, 6.45) is 11.7. The Hall–Kier alpha value is -5.21. The van der Waals surface area contributed by atoms with Gasteiger partial charge < -0.3 is 15.1 Å². The number of rotatable bonds is 9. The van der Waals surface area contributed by atoms with E-state index >= 15 is 0 Å². The van der Waals surface area contributed by atoms with Gasteiger partial charge in [-0.3, -0.25) is 28.9 Å². The molecule has 5 aromatic rings. The van der Waals surface area contributed by atoms with E-state index in [1.807, 2.05) is 23.0 Å². The molecule has 0 spiro atoms. The van der Waals surface area contributed by atoms with Crippen LogP contribution in [0.25, 0.3) is 16.9 Å². The Morgan fingerprint density at radius 3 is 2.53 bits per heavy atom. The fourth-order valence-electron chi connectivity index (χ4n) is 7.97. The molecule has 53 heavy (non-hydrogen) atoms. The summed E-state index contributed by atoms with van der Waals surface area (Å²) in [6.45, 7) is 10.9. The number of nitrogens with zero attached hydrogens (tertiary/aromatic N) is 8. The Morgan fingerprint density at radius 2 is 1.75 bits per heavy atom. The van der Waals surface area contributed by atoms with Gasteiger partial charge in [0.05, 0.1) is 35.7 Å². The number of hydrogen-bond acceptors (Lipinski definition) is 9. The van der Waals surface area contributed by atoms with Crippen LogP contribution >= 0.6 is 0 Å². The van der Waals surface area contributed by atoms with E-state index in [1.165, 1.54) is 11.8 Å². The summed E-state index contributed by atoms with van der Waals surface area (Å²) in [5.41, 5.74) is 4.56. The molecular weight excluding hydrogens is 678 g/mol. The van der Waals surface area contributed by atoms with Gasteiger partial charge in [0.1, 0.15) is 11.6 Å². The van der Waals surface area contributed by atoms with Crippen molar-refractivity contribution in [3.05, 3.63) is 90.1 Å². The quantitative estimate of drug-likeness (QED) is 0.196. The van der Waals surface area contributed by atoms with Gasteiger partial charge in [-0.2, -0.15) is 5.10 Å². The number of hydrogen-bond donors (Lipinski definition) is 2. The van der Waals surface area contributed by atoms with Crippen molar-refractivity contribution in [1.82, 2.24) is 39.3 Å². The minimum absolute atomic E-state index is 0.186. The van der Waals surface area contributed by atoms with Crippen LogP contribution in [0, 0.1) is 18.6 Å². The van der Waals surface area contributed by atoms with E-state index in [0.717, 1.165) is 76.0 Å². The second-order valence-corrected chi connectivity index (χ2v) is 14.5. The van der Waals surface area contributed by atoms with Gasteiger partial charge in [0, 0.05) is 94.2 Å². The fraction of sp³-hybridized carbons (Fsp3) is 0.410. The molecule has 12 nitrogen and oxygen atoms in total. The van der Waals surface area contributed by atoms with Crippen LogP contribution in [0.4, 0.5) is 26.0 Å². The third kappa shape index (κ3) is 7.25. The first kappa shape index (κ1) is 34.9. The van der Waals surface area contributed by atoms with Crippen LogP contribution in [-0.4, -0.2) is 97.6 Å². The lowest BCUT2D eigenvalue weighted by atomic mass is 9.90. The smallest absolute Gasteiger partial charge is 0.234 e. The number of aryl methyl sites for hydroxylation is 1. The number of imide groups is 1. The fourth-order valence-corrected chi connectivity index (χ4v) is 7.97. The molecule has 6 heterocycles. The number of likely N-dealkylation sites (tertiary alicyclic amines) is 1. The summed E-state index contributed by atoms with van der Waals surface area (Å²) in [6, 6.07) is 11.4. The summed E-state index contributed by atoms with van der Waals surface area (Å²) in [7, 11) is 0. The molecule has 8 rings (SSSR count). The number of carbonyl (C=O) groups excluding carboxylic acids is 2. The number of benzene rings is 2. The van der Waals surface area contributed by atoms with Crippen LogP contribution in [0.1, 0.15) is 55.7 Å². The summed E-state index contributed by atoms with van der Waals surface area (Å²) in [4.78, 5) is 40.4. The van der Waals surface area contributed by atoms with E-state index < -0.39 is 11.6 Å². The highest BCUT2D eigenvalue weighted by atomic mass is 19.1. The molecule has 0 aliphatic carbocycles. The second-order valence-electron chi connectivity index (χ2n) is 14.5. The maximum absolute atomic E-state index is 14.7. The SMILES string of the molecule is Cc1cc(-c2cnc(Nc3cnn(C4CCN(CCN5CCN(c6ccc(C7CCC(=O)NC7=O)cc6)CC5C)CC4)c3)c3nccn23)c(F)cc1F. The molecule has 0 radical (unpaired) electrons. The van der Waals surface area contributed by atoms with E-state index in [1.54, 1.807) is 36.1 Å². The van der Waals surface area contributed by atoms with Gasteiger partial charge >= 0.3 is 0 Å². The standard InChI is InChI=1S/C39H44F2N10O2/c1-25-19-32(34(41)20-33(25)40)35-22-43-37(38-42-11-14-50(35)38)45-28-21-44-51(24-28)30-9-12-47(13-10-30)15-16-48-17-18-49(23-26(48)2)29-5-3-27(4-6-29)31-7-8-36(52)46-39(31)53/h3-6,11,14,19-22,24,26,30-31H,7-10,12-13,15-18,23H2,1-2H3,(H,43,45)(H,46,52,53). The van der Waals surface area contributed by atoms with Crippen molar-refractivity contribution in [2.45, 2.75) is 57.5 Å². The summed E-state index contributed by atoms with van der Waals surface area (Å²) in [5, 5.41) is 10.5. The molecule has 276 valence electrons. The molecule has 3 fully saturated rings. The largest absolute Gasteiger partial charge is 0.369 e. The molecule has 3 aromatic heterocycles. The molecule has 3 saturated heterocycles. The van der Waals surface area contributed by atoms with E-state index in [9.17, 15) is 18.4 Å². The van der Waals surface area contributed by atoms with Crippen molar-refractivity contribution in [3.63, 3.8) is 0 Å². The number of piperazine rings is 1. The number of fused-ring (bicyclic) bond motifs is 1. The zero-order valence-corrected chi connectivity index (χ0v) is 30.0. The molecule has 0 saturated carbocycles. The third-order valence-electron chi connectivity index (χ3n) is 11.1. The lowest BCUT2D eigenvalue weighted by molar-refractivity contribution is -0.134. The Balaban J connectivity index is 0.811. The predicted octanol–water partition coefficient (Wildman–Crippen LogP) is 5.29. The van der Waals surface area contributed by atoms with Gasteiger partial charge in [-0.25, -0.2) is 18.7 Å². The molecule has 3 aliphatic heterocycles. The summed E-state index contributed by atoms with van der Waals surface area (Å²) in [5.74, 6) is -1.36. The van der Waals surface area contributed by atoms with Crippen LogP contribution in [0.5, 0.6) is 0 Å². The van der Waals surface area contributed by atoms with E-state index in [0.29, 0.717) is 47.6 Å². The van der Waals surface area contributed by atoms with E-state index in [-0.39, 0.29) is 23.3 Å². The van der Waals surface area contributed by atoms with Gasteiger partial charge in [-0.05, 0) is 62.4 Å². The van der Waals surface area contributed by atoms with Crippen molar-refractivity contribution in [1.29, 1.82) is 0 Å². The average molecular weight is 723 g/mol. The number of piperidine rings is 2. The summed E-state index contributed by atoms with van der Waals surface area (Å²) < 4.78 is 32.4. The molecule has 14 heteroatoms.